The Morgan fingerprint density at radius 1 is 1.35 bits per heavy atom. The van der Waals surface area contributed by atoms with Crippen LogP contribution in [-0.4, -0.2) is 19.2 Å². The lowest BCUT2D eigenvalue weighted by Gasteiger charge is -2.09. The molecule has 0 amide bonds. The van der Waals surface area contributed by atoms with Crippen LogP contribution in [0.4, 0.5) is 4.39 Å². The molecule has 0 heterocycles. The number of rotatable bonds is 7. The largest absolute Gasteiger partial charge is 0.377 e. The van der Waals surface area contributed by atoms with Gasteiger partial charge in [0.2, 0.25) is 0 Å². The number of ether oxygens (including phenoxy) is 1. The van der Waals surface area contributed by atoms with Gasteiger partial charge in [-0.2, -0.15) is 0 Å². The van der Waals surface area contributed by atoms with Gasteiger partial charge in [0.25, 0.3) is 0 Å². The Labute approximate surface area is 103 Å². The highest BCUT2D eigenvalue weighted by molar-refractivity contribution is 5.25. The van der Waals surface area contributed by atoms with E-state index in [1.807, 2.05) is 6.92 Å². The Morgan fingerprint density at radius 3 is 2.76 bits per heavy atom. The Morgan fingerprint density at radius 2 is 2.12 bits per heavy atom. The summed E-state index contributed by atoms with van der Waals surface area (Å²) in [7, 11) is 0. The molecule has 0 radical (unpaired) electrons. The van der Waals surface area contributed by atoms with Gasteiger partial charge in [0.05, 0.1) is 6.61 Å². The fraction of sp³-hybridized carbons (Fsp3) is 0.571. The second-order valence-corrected chi connectivity index (χ2v) is 4.59. The van der Waals surface area contributed by atoms with Gasteiger partial charge in [-0.1, -0.05) is 19.9 Å². The molecule has 0 fully saturated rings. The lowest BCUT2D eigenvalue weighted by molar-refractivity contribution is 0.117. The number of hydrogen-bond donors (Lipinski definition) is 1. The van der Waals surface area contributed by atoms with Crippen LogP contribution in [0.15, 0.2) is 18.2 Å². The molecule has 0 spiro atoms. The number of nitrogens with one attached hydrogen (secondary N) is 1. The monoisotopic (exact) mass is 239 g/mol. The fourth-order valence-electron chi connectivity index (χ4n) is 1.57. The molecule has 0 unspecified atom stereocenters. The van der Waals surface area contributed by atoms with Crippen LogP contribution < -0.4 is 5.32 Å². The third kappa shape index (κ3) is 5.80. The SMILES string of the molecule is Cc1cc(F)ccc1COCCCNC(C)C. The predicted octanol–water partition coefficient (Wildman–Crippen LogP) is 3.04. The van der Waals surface area contributed by atoms with E-state index in [0.717, 1.165) is 30.7 Å². The molecule has 0 aliphatic heterocycles. The summed E-state index contributed by atoms with van der Waals surface area (Å²) in [4.78, 5) is 0. The fourth-order valence-corrected chi connectivity index (χ4v) is 1.57. The van der Waals surface area contributed by atoms with Crippen LogP contribution in [0, 0.1) is 12.7 Å². The van der Waals surface area contributed by atoms with E-state index in [-0.39, 0.29) is 5.82 Å². The van der Waals surface area contributed by atoms with Gasteiger partial charge in [-0.15, -0.1) is 0 Å². The minimum absolute atomic E-state index is 0.188. The molecule has 2 nitrogen and oxygen atoms in total. The third-order valence-corrected chi connectivity index (χ3v) is 2.58. The summed E-state index contributed by atoms with van der Waals surface area (Å²) >= 11 is 0. The average Bonchev–Trinajstić information content (AvgIpc) is 2.25. The molecule has 1 aromatic rings. The van der Waals surface area contributed by atoms with Crippen LogP contribution in [0.25, 0.3) is 0 Å². The molecule has 0 atom stereocenters. The van der Waals surface area contributed by atoms with Crippen LogP contribution in [0.5, 0.6) is 0 Å². The van der Waals surface area contributed by atoms with E-state index < -0.39 is 0 Å². The molecule has 0 aromatic heterocycles. The van der Waals surface area contributed by atoms with Crippen molar-refractivity contribution >= 4 is 0 Å². The summed E-state index contributed by atoms with van der Waals surface area (Å²) in [6, 6.07) is 5.33. The molecule has 0 bridgehead atoms. The van der Waals surface area contributed by atoms with Gasteiger partial charge in [0.1, 0.15) is 5.82 Å². The number of benzene rings is 1. The average molecular weight is 239 g/mol. The maximum atomic E-state index is 12.9. The molecule has 1 rings (SSSR count). The van der Waals surface area contributed by atoms with Gasteiger partial charge in [-0.25, -0.2) is 4.39 Å². The molecule has 1 aromatic carbocycles. The topological polar surface area (TPSA) is 21.3 Å². The molecule has 0 aliphatic rings. The minimum atomic E-state index is -0.188. The van der Waals surface area contributed by atoms with Gasteiger partial charge in [0.15, 0.2) is 0 Å². The van der Waals surface area contributed by atoms with Crippen molar-refractivity contribution in [2.45, 2.75) is 39.8 Å². The van der Waals surface area contributed by atoms with Crippen LogP contribution in [-0.2, 0) is 11.3 Å². The first-order valence-corrected chi connectivity index (χ1v) is 6.15. The van der Waals surface area contributed by atoms with Crippen molar-refractivity contribution in [2.75, 3.05) is 13.2 Å². The highest BCUT2D eigenvalue weighted by atomic mass is 19.1. The predicted molar refractivity (Wildman–Crippen MR) is 68.5 cm³/mol. The Bertz CT molecular complexity index is 339. The molecular formula is C14H22FNO. The Balaban J connectivity index is 2.18. The third-order valence-electron chi connectivity index (χ3n) is 2.58. The summed E-state index contributed by atoms with van der Waals surface area (Å²) in [5.41, 5.74) is 2.01. The first-order valence-electron chi connectivity index (χ1n) is 6.15. The Hall–Kier alpha value is -0.930. The lowest BCUT2D eigenvalue weighted by Crippen LogP contribution is -2.24. The van der Waals surface area contributed by atoms with Crippen LogP contribution in [0.3, 0.4) is 0 Å². The van der Waals surface area contributed by atoms with Gasteiger partial charge in [-0.05, 0) is 43.1 Å². The van der Waals surface area contributed by atoms with E-state index in [1.165, 1.54) is 6.07 Å². The number of halogens is 1. The van der Waals surface area contributed by atoms with Crippen molar-refractivity contribution in [1.29, 1.82) is 0 Å². The smallest absolute Gasteiger partial charge is 0.123 e. The van der Waals surface area contributed by atoms with Crippen molar-refractivity contribution in [3.8, 4) is 0 Å². The first kappa shape index (κ1) is 14.1. The van der Waals surface area contributed by atoms with E-state index in [4.69, 9.17) is 4.74 Å². The summed E-state index contributed by atoms with van der Waals surface area (Å²) in [6.45, 7) is 8.43. The lowest BCUT2D eigenvalue weighted by atomic mass is 10.1. The summed E-state index contributed by atoms with van der Waals surface area (Å²) in [5.74, 6) is -0.188. The van der Waals surface area contributed by atoms with Gasteiger partial charge in [-0.3, -0.25) is 0 Å². The van der Waals surface area contributed by atoms with E-state index in [9.17, 15) is 4.39 Å². The van der Waals surface area contributed by atoms with E-state index >= 15 is 0 Å². The molecule has 3 heteroatoms. The van der Waals surface area contributed by atoms with E-state index in [2.05, 4.69) is 19.2 Å². The quantitative estimate of drug-likeness (QED) is 0.738. The van der Waals surface area contributed by atoms with Gasteiger partial charge < -0.3 is 10.1 Å². The standard InChI is InChI=1S/C14H22FNO/c1-11(2)16-7-4-8-17-10-13-5-6-14(15)9-12(13)3/h5-6,9,11,16H,4,7-8,10H2,1-3H3. The van der Waals surface area contributed by atoms with Crippen LogP contribution >= 0.6 is 0 Å². The molecule has 1 N–H and O–H groups in total. The number of aryl methyl sites for hydroxylation is 1. The van der Waals surface area contributed by atoms with Crippen LogP contribution in [0.2, 0.25) is 0 Å². The highest BCUT2D eigenvalue weighted by Crippen LogP contribution is 2.11. The number of hydrogen-bond acceptors (Lipinski definition) is 2. The van der Waals surface area contributed by atoms with Gasteiger partial charge >= 0.3 is 0 Å². The Kier molecular flexibility index (Phi) is 6.16. The van der Waals surface area contributed by atoms with Crippen molar-refractivity contribution in [2.24, 2.45) is 0 Å². The zero-order valence-corrected chi connectivity index (χ0v) is 10.9. The molecule has 96 valence electrons. The normalized spacial score (nSPS) is 11.1. The maximum Gasteiger partial charge on any atom is 0.123 e. The minimum Gasteiger partial charge on any atom is -0.377 e. The molecule has 17 heavy (non-hydrogen) atoms. The summed E-state index contributed by atoms with van der Waals surface area (Å²) in [5, 5.41) is 3.33. The van der Waals surface area contributed by atoms with Gasteiger partial charge in [0, 0.05) is 12.6 Å². The van der Waals surface area contributed by atoms with Crippen molar-refractivity contribution in [3.05, 3.63) is 35.1 Å². The zero-order valence-electron chi connectivity index (χ0n) is 10.9. The maximum absolute atomic E-state index is 12.9. The van der Waals surface area contributed by atoms with E-state index in [0.29, 0.717) is 12.6 Å². The first-order chi connectivity index (χ1) is 8.09. The molecular weight excluding hydrogens is 217 g/mol. The molecule has 0 saturated heterocycles. The van der Waals surface area contributed by atoms with Crippen molar-refractivity contribution in [1.82, 2.24) is 5.32 Å². The zero-order chi connectivity index (χ0) is 12.7. The summed E-state index contributed by atoms with van der Waals surface area (Å²) in [6.07, 6.45) is 0.998. The van der Waals surface area contributed by atoms with Crippen molar-refractivity contribution in [3.63, 3.8) is 0 Å². The highest BCUT2D eigenvalue weighted by Gasteiger charge is 2.00. The van der Waals surface area contributed by atoms with E-state index in [1.54, 1.807) is 12.1 Å². The van der Waals surface area contributed by atoms with Crippen LogP contribution in [0.1, 0.15) is 31.4 Å². The molecule has 0 aliphatic carbocycles. The summed E-state index contributed by atoms with van der Waals surface area (Å²) < 4.78 is 18.4. The second-order valence-electron chi connectivity index (χ2n) is 4.59. The second kappa shape index (κ2) is 7.41. The molecule has 0 saturated carbocycles. The van der Waals surface area contributed by atoms with Crippen molar-refractivity contribution < 1.29 is 9.13 Å².